The molecule has 116 valence electrons. The standard InChI is InChI=1S/C15H17N3O2S2/c1-9(2)12-13(19)16-5-6-18(12)15(20)10-8-22-14(17-10)11-4-3-7-21-11/h3-4,7-9,12H,5-6H2,1-2H3,(H,16,19)/t12-/m1/s1. The van der Waals surface area contributed by atoms with E-state index in [2.05, 4.69) is 10.3 Å². The van der Waals surface area contributed by atoms with Gasteiger partial charge in [0.2, 0.25) is 5.91 Å². The van der Waals surface area contributed by atoms with Crippen LogP contribution in [0.3, 0.4) is 0 Å². The Morgan fingerprint density at radius 1 is 1.45 bits per heavy atom. The molecule has 3 heterocycles. The number of hydrogen-bond acceptors (Lipinski definition) is 5. The van der Waals surface area contributed by atoms with Crippen molar-refractivity contribution in [3.05, 3.63) is 28.6 Å². The molecule has 3 rings (SSSR count). The number of nitrogens with zero attached hydrogens (tertiary/aromatic N) is 2. The summed E-state index contributed by atoms with van der Waals surface area (Å²) in [5, 5.41) is 7.44. The van der Waals surface area contributed by atoms with Crippen molar-refractivity contribution in [2.24, 2.45) is 5.92 Å². The van der Waals surface area contributed by atoms with E-state index in [0.717, 1.165) is 9.88 Å². The van der Waals surface area contributed by atoms with Gasteiger partial charge in [-0.15, -0.1) is 22.7 Å². The monoisotopic (exact) mass is 335 g/mol. The fraction of sp³-hybridized carbons (Fsp3) is 0.400. The predicted octanol–water partition coefficient (Wildman–Crippen LogP) is 2.47. The molecule has 1 atom stereocenters. The molecule has 0 unspecified atom stereocenters. The van der Waals surface area contributed by atoms with E-state index in [0.29, 0.717) is 18.8 Å². The second-order valence-electron chi connectivity index (χ2n) is 5.49. The lowest BCUT2D eigenvalue weighted by molar-refractivity contribution is -0.129. The maximum atomic E-state index is 12.7. The molecule has 1 aliphatic rings. The van der Waals surface area contributed by atoms with Crippen LogP contribution in [0.4, 0.5) is 0 Å². The van der Waals surface area contributed by atoms with Crippen LogP contribution in [0.2, 0.25) is 0 Å². The maximum absolute atomic E-state index is 12.7. The molecule has 0 radical (unpaired) electrons. The molecule has 1 aliphatic heterocycles. The van der Waals surface area contributed by atoms with E-state index in [1.165, 1.54) is 11.3 Å². The first-order chi connectivity index (χ1) is 10.6. The van der Waals surface area contributed by atoms with Gasteiger partial charge >= 0.3 is 0 Å². The zero-order valence-corrected chi connectivity index (χ0v) is 14.0. The number of piperazine rings is 1. The highest BCUT2D eigenvalue weighted by Gasteiger charge is 2.36. The highest BCUT2D eigenvalue weighted by molar-refractivity contribution is 7.20. The lowest BCUT2D eigenvalue weighted by Gasteiger charge is -2.36. The summed E-state index contributed by atoms with van der Waals surface area (Å²) in [6.45, 7) is 4.93. The van der Waals surface area contributed by atoms with E-state index in [1.54, 1.807) is 21.6 Å². The largest absolute Gasteiger partial charge is 0.353 e. The van der Waals surface area contributed by atoms with Crippen LogP contribution in [0, 0.1) is 5.92 Å². The zero-order valence-electron chi connectivity index (χ0n) is 12.4. The normalized spacial score (nSPS) is 18.6. The van der Waals surface area contributed by atoms with Gasteiger partial charge in [-0.3, -0.25) is 9.59 Å². The van der Waals surface area contributed by atoms with Crippen LogP contribution in [0.1, 0.15) is 24.3 Å². The van der Waals surface area contributed by atoms with E-state index in [4.69, 9.17) is 0 Å². The third-order valence-corrected chi connectivity index (χ3v) is 5.49. The number of nitrogens with one attached hydrogen (secondary N) is 1. The number of hydrogen-bond donors (Lipinski definition) is 1. The Labute approximate surface area is 137 Å². The van der Waals surface area contributed by atoms with Gasteiger partial charge in [0.1, 0.15) is 16.7 Å². The summed E-state index contributed by atoms with van der Waals surface area (Å²) in [7, 11) is 0. The van der Waals surface area contributed by atoms with Crippen molar-refractivity contribution in [2.45, 2.75) is 19.9 Å². The lowest BCUT2D eigenvalue weighted by Crippen LogP contribution is -2.59. The van der Waals surface area contributed by atoms with Crippen LogP contribution in [-0.2, 0) is 4.79 Å². The molecule has 2 aromatic rings. The number of thiophene rings is 1. The minimum Gasteiger partial charge on any atom is -0.353 e. The molecule has 1 saturated heterocycles. The third-order valence-electron chi connectivity index (χ3n) is 3.60. The second kappa shape index (κ2) is 6.18. The number of thiazole rings is 1. The van der Waals surface area contributed by atoms with Gasteiger partial charge in [-0.1, -0.05) is 19.9 Å². The van der Waals surface area contributed by atoms with Gasteiger partial charge in [0.25, 0.3) is 5.91 Å². The Hall–Kier alpha value is -1.73. The Morgan fingerprint density at radius 2 is 2.27 bits per heavy atom. The van der Waals surface area contributed by atoms with Gasteiger partial charge in [-0.2, -0.15) is 0 Å². The van der Waals surface area contributed by atoms with Crippen molar-refractivity contribution in [3.63, 3.8) is 0 Å². The number of aromatic nitrogens is 1. The first kappa shape index (κ1) is 15.2. The van der Waals surface area contributed by atoms with E-state index < -0.39 is 6.04 Å². The highest BCUT2D eigenvalue weighted by atomic mass is 32.1. The molecule has 2 amide bonds. The van der Waals surface area contributed by atoms with Gasteiger partial charge in [0.05, 0.1) is 4.88 Å². The highest BCUT2D eigenvalue weighted by Crippen LogP contribution is 2.28. The molecule has 0 saturated carbocycles. The fourth-order valence-corrected chi connectivity index (χ4v) is 4.22. The summed E-state index contributed by atoms with van der Waals surface area (Å²) in [5.41, 5.74) is 0.425. The van der Waals surface area contributed by atoms with Crippen LogP contribution in [-0.4, -0.2) is 40.8 Å². The molecule has 1 fully saturated rings. The van der Waals surface area contributed by atoms with Crippen LogP contribution in [0.15, 0.2) is 22.9 Å². The maximum Gasteiger partial charge on any atom is 0.274 e. The number of carbonyl (C=O) groups is 2. The van der Waals surface area contributed by atoms with E-state index in [9.17, 15) is 9.59 Å². The number of carbonyl (C=O) groups excluding carboxylic acids is 2. The van der Waals surface area contributed by atoms with Gasteiger partial charge in [0.15, 0.2) is 0 Å². The Kier molecular flexibility index (Phi) is 4.26. The van der Waals surface area contributed by atoms with Crippen LogP contribution >= 0.6 is 22.7 Å². The quantitative estimate of drug-likeness (QED) is 0.937. The van der Waals surface area contributed by atoms with Crippen LogP contribution in [0.5, 0.6) is 0 Å². The summed E-state index contributed by atoms with van der Waals surface area (Å²) in [4.78, 5) is 31.9. The van der Waals surface area contributed by atoms with E-state index in [-0.39, 0.29) is 17.7 Å². The molecule has 0 aromatic carbocycles. The zero-order chi connectivity index (χ0) is 15.7. The summed E-state index contributed by atoms with van der Waals surface area (Å²) in [5.74, 6) is -0.171. The summed E-state index contributed by atoms with van der Waals surface area (Å²) >= 11 is 3.06. The Bertz CT molecular complexity index is 679. The van der Waals surface area contributed by atoms with Gasteiger partial charge < -0.3 is 10.2 Å². The van der Waals surface area contributed by atoms with Crippen LogP contribution < -0.4 is 5.32 Å². The van der Waals surface area contributed by atoms with E-state index >= 15 is 0 Å². The van der Waals surface area contributed by atoms with Crippen molar-refractivity contribution in [1.29, 1.82) is 0 Å². The van der Waals surface area contributed by atoms with Crippen LogP contribution in [0.25, 0.3) is 9.88 Å². The molecule has 0 spiro atoms. The van der Waals surface area contributed by atoms with Crippen molar-refractivity contribution >= 4 is 34.5 Å². The van der Waals surface area contributed by atoms with Gasteiger partial charge in [0, 0.05) is 18.5 Å². The van der Waals surface area contributed by atoms with Gasteiger partial charge in [-0.25, -0.2) is 4.98 Å². The molecule has 22 heavy (non-hydrogen) atoms. The Balaban J connectivity index is 1.85. The molecule has 0 bridgehead atoms. The van der Waals surface area contributed by atoms with Crippen molar-refractivity contribution in [3.8, 4) is 9.88 Å². The fourth-order valence-electron chi connectivity index (χ4n) is 2.61. The van der Waals surface area contributed by atoms with Gasteiger partial charge in [-0.05, 0) is 17.4 Å². The summed E-state index contributed by atoms with van der Waals surface area (Å²) < 4.78 is 0. The molecular weight excluding hydrogens is 318 g/mol. The molecule has 2 aromatic heterocycles. The number of rotatable bonds is 3. The second-order valence-corrected chi connectivity index (χ2v) is 7.30. The smallest absolute Gasteiger partial charge is 0.274 e. The molecule has 1 N–H and O–H groups in total. The van der Waals surface area contributed by atoms with E-state index in [1.807, 2.05) is 31.4 Å². The first-order valence-corrected chi connectivity index (χ1v) is 8.92. The first-order valence-electron chi connectivity index (χ1n) is 7.16. The summed E-state index contributed by atoms with van der Waals surface area (Å²) in [6, 6.07) is 3.53. The topological polar surface area (TPSA) is 62.3 Å². The average Bonchev–Trinajstić information content (AvgIpc) is 3.16. The SMILES string of the molecule is CC(C)[C@@H]1C(=O)NCCN1C(=O)c1csc(-c2cccs2)n1. The molecule has 5 nitrogen and oxygen atoms in total. The summed E-state index contributed by atoms with van der Waals surface area (Å²) in [6.07, 6.45) is 0. The van der Waals surface area contributed by atoms with Crippen molar-refractivity contribution in [2.75, 3.05) is 13.1 Å². The number of amides is 2. The molecule has 7 heteroatoms. The average molecular weight is 335 g/mol. The minimum absolute atomic E-state index is 0.0691. The predicted molar refractivity (Wildman–Crippen MR) is 88.1 cm³/mol. The lowest BCUT2D eigenvalue weighted by atomic mass is 9.99. The van der Waals surface area contributed by atoms with Crippen molar-refractivity contribution in [1.82, 2.24) is 15.2 Å². The Morgan fingerprint density at radius 3 is 2.95 bits per heavy atom. The van der Waals surface area contributed by atoms with Crippen molar-refractivity contribution < 1.29 is 9.59 Å². The minimum atomic E-state index is -0.423. The molecule has 0 aliphatic carbocycles. The third kappa shape index (κ3) is 2.78. The molecular formula is C15H17N3O2S2.